The summed E-state index contributed by atoms with van der Waals surface area (Å²) in [4.78, 5) is 22.7. The monoisotopic (exact) mass is 305 g/mol. The molecule has 0 saturated carbocycles. The van der Waals surface area contributed by atoms with Gasteiger partial charge < -0.3 is 10.0 Å². The van der Waals surface area contributed by atoms with Crippen LogP contribution in [0.4, 0.5) is 0 Å². The Morgan fingerprint density at radius 3 is 2.69 bits per heavy atom. The Kier molecular flexibility index (Phi) is 4.32. The van der Waals surface area contributed by atoms with E-state index in [1.807, 2.05) is 0 Å². The van der Waals surface area contributed by atoms with Crippen LogP contribution < -0.4 is 0 Å². The van der Waals surface area contributed by atoms with E-state index in [4.69, 9.17) is 16.7 Å². The first-order chi connectivity index (χ1) is 7.47. The molecule has 16 heavy (non-hydrogen) atoms. The summed E-state index contributed by atoms with van der Waals surface area (Å²) in [5, 5.41) is 9.53. The Morgan fingerprint density at radius 1 is 1.62 bits per heavy atom. The van der Waals surface area contributed by atoms with Gasteiger partial charge in [0.05, 0.1) is 5.02 Å². The van der Waals surface area contributed by atoms with Crippen molar-refractivity contribution in [3.8, 4) is 0 Å². The maximum Gasteiger partial charge on any atom is 0.331 e. The first kappa shape index (κ1) is 13.0. The highest BCUT2D eigenvalue weighted by Gasteiger charge is 2.24. The van der Waals surface area contributed by atoms with E-state index in [1.54, 1.807) is 18.2 Å². The SMILES string of the molecule is CN(C=O)C(C(=O)O)c1ccc(Cl)c(Br)c1. The maximum absolute atomic E-state index is 11.0. The van der Waals surface area contributed by atoms with Gasteiger partial charge in [0, 0.05) is 11.5 Å². The number of amides is 1. The number of carbonyl (C=O) groups is 2. The summed E-state index contributed by atoms with van der Waals surface area (Å²) in [6, 6.07) is 3.73. The Balaban J connectivity index is 3.16. The standard InChI is InChI=1S/C10H9BrClNO3/c1-13(5-14)9(10(15)16)6-2-3-8(12)7(11)4-6/h2-5,9H,1H3,(H,15,16). The fourth-order valence-electron chi connectivity index (χ4n) is 1.30. The second kappa shape index (κ2) is 5.32. The predicted molar refractivity (Wildman–Crippen MR) is 63.4 cm³/mol. The lowest BCUT2D eigenvalue weighted by Gasteiger charge is -2.21. The number of nitrogens with zero attached hydrogens (tertiary/aromatic N) is 1. The van der Waals surface area contributed by atoms with Gasteiger partial charge in [-0.05, 0) is 33.6 Å². The van der Waals surface area contributed by atoms with Gasteiger partial charge in [-0.25, -0.2) is 4.79 Å². The van der Waals surface area contributed by atoms with Crippen molar-refractivity contribution in [2.75, 3.05) is 7.05 Å². The Hall–Kier alpha value is -1.07. The van der Waals surface area contributed by atoms with Crippen LogP contribution in [0, 0.1) is 0 Å². The number of carboxylic acid groups (broad SMARTS) is 1. The summed E-state index contributed by atoms with van der Waals surface area (Å²) in [5.74, 6) is -1.09. The summed E-state index contributed by atoms with van der Waals surface area (Å²) in [6.45, 7) is 0. The van der Waals surface area contributed by atoms with E-state index in [-0.39, 0.29) is 0 Å². The van der Waals surface area contributed by atoms with E-state index in [0.29, 0.717) is 21.5 Å². The molecule has 1 rings (SSSR count). The van der Waals surface area contributed by atoms with E-state index in [0.717, 1.165) is 4.90 Å². The van der Waals surface area contributed by atoms with Crippen LogP contribution >= 0.6 is 27.5 Å². The number of benzene rings is 1. The third kappa shape index (κ3) is 2.74. The number of rotatable bonds is 4. The second-order valence-electron chi connectivity index (χ2n) is 3.19. The van der Waals surface area contributed by atoms with Crippen molar-refractivity contribution in [2.45, 2.75) is 6.04 Å². The molecule has 0 fully saturated rings. The first-order valence-electron chi connectivity index (χ1n) is 4.32. The summed E-state index contributed by atoms with van der Waals surface area (Å²) < 4.78 is 0.595. The number of carbonyl (C=O) groups excluding carboxylic acids is 1. The highest BCUT2D eigenvalue weighted by atomic mass is 79.9. The predicted octanol–water partition coefficient (Wildman–Crippen LogP) is 2.32. The van der Waals surface area contributed by atoms with E-state index in [1.165, 1.54) is 7.05 Å². The molecule has 1 atom stereocenters. The molecule has 0 radical (unpaired) electrons. The molecule has 1 unspecified atom stereocenters. The molecule has 0 saturated heterocycles. The molecule has 0 aliphatic carbocycles. The lowest BCUT2D eigenvalue weighted by Crippen LogP contribution is -2.29. The zero-order valence-electron chi connectivity index (χ0n) is 8.35. The molecular formula is C10H9BrClNO3. The highest BCUT2D eigenvalue weighted by Crippen LogP contribution is 2.27. The van der Waals surface area contributed by atoms with Gasteiger partial charge in [-0.15, -0.1) is 0 Å². The van der Waals surface area contributed by atoms with Crippen LogP contribution in [0.25, 0.3) is 0 Å². The minimum absolute atomic E-state index is 0.474. The fraction of sp³-hybridized carbons (Fsp3) is 0.200. The van der Waals surface area contributed by atoms with E-state index < -0.39 is 12.0 Å². The number of carboxylic acids is 1. The smallest absolute Gasteiger partial charge is 0.331 e. The number of hydrogen-bond donors (Lipinski definition) is 1. The Morgan fingerprint density at radius 2 is 2.25 bits per heavy atom. The van der Waals surface area contributed by atoms with Gasteiger partial charge in [0.25, 0.3) is 0 Å². The average Bonchev–Trinajstić information content (AvgIpc) is 2.22. The van der Waals surface area contributed by atoms with Gasteiger partial charge in [-0.1, -0.05) is 17.7 Å². The van der Waals surface area contributed by atoms with E-state index in [2.05, 4.69) is 15.9 Å². The number of likely N-dealkylation sites (N-methyl/N-ethyl adjacent to an activating group) is 1. The molecule has 1 amide bonds. The minimum Gasteiger partial charge on any atom is -0.479 e. The molecule has 0 bridgehead atoms. The molecule has 0 aliphatic rings. The normalized spacial score (nSPS) is 11.9. The van der Waals surface area contributed by atoms with Gasteiger partial charge in [-0.2, -0.15) is 0 Å². The quantitative estimate of drug-likeness (QED) is 0.869. The van der Waals surface area contributed by atoms with Crippen molar-refractivity contribution in [3.05, 3.63) is 33.3 Å². The van der Waals surface area contributed by atoms with Crippen molar-refractivity contribution in [2.24, 2.45) is 0 Å². The molecule has 1 N–H and O–H groups in total. The van der Waals surface area contributed by atoms with Crippen LogP contribution in [0.5, 0.6) is 0 Å². The van der Waals surface area contributed by atoms with Gasteiger partial charge >= 0.3 is 5.97 Å². The zero-order valence-corrected chi connectivity index (χ0v) is 10.7. The lowest BCUT2D eigenvalue weighted by atomic mass is 10.1. The average molecular weight is 307 g/mol. The molecule has 0 spiro atoms. The molecule has 6 heteroatoms. The van der Waals surface area contributed by atoms with Crippen molar-refractivity contribution in [3.63, 3.8) is 0 Å². The first-order valence-corrected chi connectivity index (χ1v) is 5.49. The van der Waals surface area contributed by atoms with E-state index in [9.17, 15) is 9.59 Å². The van der Waals surface area contributed by atoms with Gasteiger partial charge in [0.1, 0.15) is 0 Å². The third-order valence-corrected chi connectivity index (χ3v) is 3.28. The molecule has 86 valence electrons. The van der Waals surface area contributed by atoms with Crippen LogP contribution in [-0.2, 0) is 9.59 Å². The Bertz CT molecular complexity index is 425. The molecule has 0 aliphatic heterocycles. The Labute approximate surface area is 106 Å². The van der Waals surface area contributed by atoms with Crippen molar-refractivity contribution < 1.29 is 14.7 Å². The van der Waals surface area contributed by atoms with Crippen molar-refractivity contribution in [1.82, 2.24) is 4.90 Å². The van der Waals surface area contributed by atoms with Crippen LogP contribution in [0.15, 0.2) is 22.7 Å². The molecular weight excluding hydrogens is 297 g/mol. The van der Waals surface area contributed by atoms with Gasteiger partial charge in [0.2, 0.25) is 6.41 Å². The second-order valence-corrected chi connectivity index (χ2v) is 4.45. The largest absolute Gasteiger partial charge is 0.479 e. The summed E-state index contributed by atoms with van der Waals surface area (Å²) in [6.07, 6.45) is 0.474. The van der Waals surface area contributed by atoms with Crippen molar-refractivity contribution in [1.29, 1.82) is 0 Å². The third-order valence-electron chi connectivity index (χ3n) is 2.07. The van der Waals surface area contributed by atoms with Crippen LogP contribution in [0.3, 0.4) is 0 Å². The topological polar surface area (TPSA) is 57.6 Å². The molecule has 4 nitrogen and oxygen atoms in total. The summed E-state index contributed by atoms with van der Waals surface area (Å²) in [5.41, 5.74) is 0.485. The summed E-state index contributed by atoms with van der Waals surface area (Å²) in [7, 11) is 1.41. The molecule has 0 aromatic heterocycles. The van der Waals surface area contributed by atoms with Crippen LogP contribution in [0.2, 0.25) is 5.02 Å². The lowest BCUT2D eigenvalue weighted by molar-refractivity contribution is -0.145. The molecule has 0 heterocycles. The molecule has 1 aromatic carbocycles. The van der Waals surface area contributed by atoms with Crippen LogP contribution in [0.1, 0.15) is 11.6 Å². The maximum atomic E-state index is 11.0. The fourth-order valence-corrected chi connectivity index (χ4v) is 1.81. The zero-order chi connectivity index (χ0) is 12.3. The highest BCUT2D eigenvalue weighted by molar-refractivity contribution is 9.10. The number of aliphatic carboxylic acids is 1. The summed E-state index contributed by atoms with van der Waals surface area (Å²) >= 11 is 9.00. The van der Waals surface area contributed by atoms with Gasteiger partial charge in [0.15, 0.2) is 6.04 Å². The number of hydrogen-bond acceptors (Lipinski definition) is 2. The minimum atomic E-state index is -1.09. The molecule has 1 aromatic rings. The van der Waals surface area contributed by atoms with Crippen molar-refractivity contribution >= 4 is 39.9 Å². The van der Waals surface area contributed by atoms with Gasteiger partial charge in [-0.3, -0.25) is 4.79 Å². The van der Waals surface area contributed by atoms with E-state index >= 15 is 0 Å². The number of halogens is 2. The van der Waals surface area contributed by atoms with Crippen LogP contribution in [-0.4, -0.2) is 29.4 Å².